The fourth-order valence-corrected chi connectivity index (χ4v) is 5.79. The predicted octanol–water partition coefficient (Wildman–Crippen LogP) is 8.68. The first-order chi connectivity index (χ1) is 16.4. The molecule has 0 amide bonds. The second-order valence-electron chi connectivity index (χ2n) is 11.3. The summed E-state index contributed by atoms with van der Waals surface area (Å²) in [5.41, 5.74) is 8.36. The summed E-state index contributed by atoms with van der Waals surface area (Å²) in [6.07, 6.45) is 4.12. The van der Waals surface area contributed by atoms with Crippen LogP contribution in [-0.4, -0.2) is 4.90 Å². The number of aryl methyl sites for hydroxylation is 2. The summed E-state index contributed by atoms with van der Waals surface area (Å²) >= 11 is 0. The minimum Gasteiger partial charge on any atom is -0.291 e. The Labute approximate surface area is 208 Å². The summed E-state index contributed by atoms with van der Waals surface area (Å²) in [7, 11) is 0. The summed E-state index contributed by atoms with van der Waals surface area (Å²) in [6.45, 7) is 14.5. The van der Waals surface area contributed by atoms with Crippen molar-refractivity contribution in [2.75, 3.05) is 0 Å². The highest BCUT2D eigenvalue weighted by atomic mass is 15.1. The Morgan fingerprint density at radius 1 is 0.676 bits per heavy atom. The number of rotatable bonds is 8. The van der Waals surface area contributed by atoms with E-state index in [1.807, 2.05) is 0 Å². The van der Waals surface area contributed by atoms with Crippen molar-refractivity contribution in [1.82, 2.24) is 4.90 Å². The highest BCUT2D eigenvalue weighted by molar-refractivity contribution is 5.28. The summed E-state index contributed by atoms with van der Waals surface area (Å²) < 4.78 is 0. The van der Waals surface area contributed by atoms with Crippen LogP contribution < -0.4 is 0 Å². The van der Waals surface area contributed by atoms with Crippen molar-refractivity contribution in [3.8, 4) is 0 Å². The van der Waals surface area contributed by atoms with E-state index >= 15 is 0 Å². The molecule has 0 aromatic heterocycles. The molecule has 0 aliphatic heterocycles. The Hall–Kier alpha value is -2.38. The van der Waals surface area contributed by atoms with Gasteiger partial charge in [0, 0.05) is 19.6 Å². The Kier molecular flexibility index (Phi) is 8.27. The Balaban J connectivity index is 1.50. The van der Waals surface area contributed by atoms with E-state index in [0.29, 0.717) is 5.92 Å². The molecule has 3 aromatic rings. The van der Waals surface area contributed by atoms with Crippen LogP contribution in [-0.2, 0) is 19.6 Å². The van der Waals surface area contributed by atoms with Crippen molar-refractivity contribution in [1.29, 1.82) is 0 Å². The standard InChI is InChI=1S/C33H43N/c1-24(2)32-19-10-27(5)20-33(32)31-17-15-30(16-18-31)23-34(21-28-11-6-25(3)7-12-28)22-29-13-8-26(4)9-14-29/h6-9,11-18,24,27,32-33H,10,19-23H2,1-5H3. The van der Waals surface area contributed by atoms with Gasteiger partial charge in [0.25, 0.3) is 0 Å². The van der Waals surface area contributed by atoms with E-state index in [0.717, 1.165) is 37.4 Å². The summed E-state index contributed by atoms with van der Waals surface area (Å²) in [5, 5.41) is 0. The fourth-order valence-electron chi connectivity index (χ4n) is 5.79. The van der Waals surface area contributed by atoms with Crippen molar-refractivity contribution in [3.05, 3.63) is 106 Å². The molecule has 0 heterocycles. The first kappa shape index (κ1) is 24.7. The summed E-state index contributed by atoms with van der Waals surface area (Å²) in [4.78, 5) is 2.57. The van der Waals surface area contributed by atoms with Gasteiger partial charge in [-0.05, 0) is 72.6 Å². The van der Waals surface area contributed by atoms with Crippen LogP contribution in [0.25, 0.3) is 0 Å². The fraction of sp³-hybridized carbons (Fsp3) is 0.455. The normalized spacial score (nSPS) is 20.7. The Morgan fingerprint density at radius 3 is 1.56 bits per heavy atom. The maximum atomic E-state index is 2.57. The minimum absolute atomic E-state index is 0.717. The minimum atomic E-state index is 0.717. The third kappa shape index (κ3) is 6.60. The van der Waals surface area contributed by atoms with E-state index in [1.165, 1.54) is 47.1 Å². The van der Waals surface area contributed by atoms with E-state index in [1.54, 1.807) is 5.56 Å². The van der Waals surface area contributed by atoms with Crippen LogP contribution in [0, 0.1) is 31.6 Å². The van der Waals surface area contributed by atoms with Gasteiger partial charge in [-0.15, -0.1) is 0 Å². The van der Waals surface area contributed by atoms with Gasteiger partial charge in [0.15, 0.2) is 0 Å². The van der Waals surface area contributed by atoms with Crippen LogP contribution in [0.5, 0.6) is 0 Å². The number of nitrogens with zero attached hydrogens (tertiary/aromatic N) is 1. The van der Waals surface area contributed by atoms with Gasteiger partial charge in [-0.3, -0.25) is 4.90 Å². The lowest BCUT2D eigenvalue weighted by Gasteiger charge is -2.38. The molecular weight excluding hydrogens is 410 g/mol. The first-order valence-corrected chi connectivity index (χ1v) is 13.3. The van der Waals surface area contributed by atoms with E-state index in [2.05, 4.69) is 112 Å². The molecule has 1 heteroatoms. The molecular formula is C33H43N. The topological polar surface area (TPSA) is 3.24 Å². The first-order valence-electron chi connectivity index (χ1n) is 13.3. The van der Waals surface area contributed by atoms with Gasteiger partial charge < -0.3 is 0 Å². The van der Waals surface area contributed by atoms with Crippen molar-refractivity contribution < 1.29 is 0 Å². The molecule has 1 nitrogen and oxygen atoms in total. The molecule has 1 aliphatic rings. The van der Waals surface area contributed by atoms with Gasteiger partial charge in [-0.2, -0.15) is 0 Å². The largest absolute Gasteiger partial charge is 0.291 e. The van der Waals surface area contributed by atoms with Crippen molar-refractivity contribution in [2.45, 2.75) is 79.4 Å². The number of hydrogen-bond acceptors (Lipinski definition) is 1. The molecule has 1 fully saturated rings. The third-order valence-electron chi connectivity index (χ3n) is 7.89. The van der Waals surface area contributed by atoms with E-state index in [4.69, 9.17) is 0 Å². The zero-order valence-electron chi connectivity index (χ0n) is 21.9. The lowest BCUT2D eigenvalue weighted by atomic mass is 9.67. The Morgan fingerprint density at radius 2 is 1.12 bits per heavy atom. The van der Waals surface area contributed by atoms with Gasteiger partial charge in [-0.25, -0.2) is 0 Å². The lowest BCUT2D eigenvalue weighted by Crippen LogP contribution is -2.26. The molecule has 34 heavy (non-hydrogen) atoms. The smallest absolute Gasteiger partial charge is 0.0240 e. The molecule has 1 saturated carbocycles. The predicted molar refractivity (Wildman–Crippen MR) is 146 cm³/mol. The molecule has 3 atom stereocenters. The summed E-state index contributed by atoms with van der Waals surface area (Å²) in [5.74, 6) is 3.14. The average molecular weight is 454 g/mol. The highest BCUT2D eigenvalue weighted by Gasteiger charge is 2.31. The second kappa shape index (κ2) is 11.4. The average Bonchev–Trinajstić information content (AvgIpc) is 2.82. The SMILES string of the molecule is Cc1ccc(CN(Cc2ccc(C)cc2)Cc2ccc(C3CC(C)CCC3C(C)C)cc2)cc1. The van der Waals surface area contributed by atoms with Crippen LogP contribution in [0.3, 0.4) is 0 Å². The molecule has 180 valence electrons. The molecule has 0 bridgehead atoms. The second-order valence-corrected chi connectivity index (χ2v) is 11.3. The van der Waals surface area contributed by atoms with Crippen molar-refractivity contribution in [2.24, 2.45) is 17.8 Å². The molecule has 0 radical (unpaired) electrons. The van der Waals surface area contributed by atoms with E-state index in [-0.39, 0.29) is 0 Å². The van der Waals surface area contributed by atoms with Crippen LogP contribution in [0.15, 0.2) is 72.8 Å². The molecule has 3 aromatic carbocycles. The molecule has 0 saturated heterocycles. The van der Waals surface area contributed by atoms with Crippen molar-refractivity contribution >= 4 is 0 Å². The zero-order valence-corrected chi connectivity index (χ0v) is 21.9. The van der Waals surface area contributed by atoms with Gasteiger partial charge in [0.1, 0.15) is 0 Å². The monoisotopic (exact) mass is 453 g/mol. The van der Waals surface area contributed by atoms with Crippen LogP contribution >= 0.6 is 0 Å². The molecule has 0 spiro atoms. The molecule has 1 aliphatic carbocycles. The lowest BCUT2D eigenvalue weighted by molar-refractivity contribution is 0.197. The Bertz CT molecular complexity index is 966. The molecule has 3 unspecified atom stereocenters. The van der Waals surface area contributed by atoms with E-state index in [9.17, 15) is 0 Å². The number of benzene rings is 3. The van der Waals surface area contributed by atoms with E-state index < -0.39 is 0 Å². The highest BCUT2D eigenvalue weighted by Crippen LogP contribution is 2.43. The quantitative estimate of drug-likeness (QED) is 0.330. The van der Waals surface area contributed by atoms with Crippen LogP contribution in [0.4, 0.5) is 0 Å². The maximum Gasteiger partial charge on any atom is 0.0240 e. The van der Waals surface area contributed by atoms with Crippen LogP contribution in [0.2, 0.25) is 0 Å². The van der Waals surface area contributed by atoms with Crippen LogP contribution in [0.1, 0.15) is 79.3 Å². The van der Waals surface area contributed by atoms with Gasteiger partial charge in [0.05, 0.1) is 0 Å². The van der Waals surface area contributed by atoms with Gasteiger partial charge >= 0.3 is 0 Å². The maximum absolute atomic E-state index is 2.57. The molecule has 0 N–H and O–H groups in total. The molecule has 4 rings (SSSR count). The number of hydrogen-bond donors (Lipinski definition) is 0. The van der Waals surface area contributed by atoms with Gasteiger partial charge in [0.2, 0.25) is 0 Å². The third-order valence-corrected chi connectivity index (χ3v) is 7.89. The zero-order chi connectivity index (χ0) is 24.1. The van der Waals surface area contributed by atoms with Crippen molar-refractivity contribution in [3.63, 3.8) is 0 Å². The summed E-state index contributed by atoms with van der Waals surface area (Å²) in [6, 6.07) is 27.7. The van der Waals surface area contributed by atoms with Gasteiger partial charge in [-0.1, -0.05) is 111 Å².